The summed E-state index contributed by atoms with van der Waals surface area (Å²) < 4.78 is 5.31. The van der Waals surface area contributed by atoms with E-state index in [-0.39, 0.29) is 0 Å². The molecule has 0 spiro atoms. The monoisotopic (exact) mass is 193 g/mol. The number of hydrogen-bond acceptors (Lipinski definition) is 2. The Kier molecular flexibility index (Phi) is 4.47. The van der Waals surface area contributed by atoms with Gasteiger partial charge in [0.25, 0.3) is 0 Å². The van der Waals surface area contributed by atoms with Gasteiger partial charge in [0.15, 0.2) is 0 Å². The minimum absolute atomic E-state index is 0.990. The van der Waals surface area contributed by atoms with Gasteiger partial charge in [0, 0.05) is 0 Å². The predicted molar refractivity (Wildman–Crippen MR) is 60.0 cm³/mol. The zero-order chi connectivity index (χ0) is 10.4. The molecule has 0 radical (unpaired) electrons. The van der Waals surface area contributed by atoms with Crippen LogP contribution in [0.5, 0.6) is 5.75 Å². The molecule has 2 nitrogen and oxygen atoms in total. The van der Waals surface area contributed by atoms with Crippen LogP contribution in [0.2, 0.25) is 0 Å². The molecule has 78 valence electrons. The van der Waals surface area contributed by atoms with Gasteiger partial charge in [-0.25, -0.2) is 0 Å². The molecule has 1 rings (SSSR count). The Morgan fingerprint density at radius 3 is 2.71 bits per heavy atom. The molecule has 0 saturated heterocycles. The van der Waals surface area contributed by atoms with Gasteiger partial charge in [-0.15, -0.1) is 0 Å². The van der Waals surface area contributed by atoms with E-state index in [0.29, 0.717) is 0 Å². The smallest absolute Gasteiger partial charge is 0.122 e. The van der Waals surface area contributed by atoms with Crippen LogP contribution in [-0.2, 0) is 12.8 Å². The first-order valence-electron chi connectivity index (χ1n) is 5.12. The molecule has 2 heteroatoms. The van der Waals surface area contributed by atoms with E-state index >= 15 is 0 Å². The van der Waals surface area contributed by atoms with Crippen LogP contribution in [0.4, 0.5) is 0 Å². The summed E-state index contributed by atoms with van der Waals surface area (Å²) in [5.41, 5.74) is 2.66. The molecular weight excluding hydrogens is 174 g/mol. The third-order valence-electron chi connectivity index (χ3n) is 2.40. The number of ether oxygens (including phenoxy) is 1. The molecule has 1 aromatic carbocycles. The Labute approximate surface area is 86.3 Å². The molecule has 1 aromatic rings. The second-order valence-corrected chi connectivity index (χ2v) is 3.35. The summed E-state index contributed by atoms with van der Waals surface area (Å²) in [6.45, 7) is 3.16. The van der Waals surface area contributed by atoms with Crippen molar-refractivity contribution in [3.05, 3.63) is 29.3 Å². The van der Waals surface area contributed by atoms with Gasteiger partial charge in [0.2, 0.25) is 0 Å². The fraction of sp³-hybridized carbons (Fsp3) is 0.500. The zero-order valence-corrected chi connectivity index (χ0v) is 9.26. The highest BCUT2D eigenvalue weighted by atomic mass is 16.5. The topological polar surface area (TPSA) is 21.3 Å². The normalized spacial score (nSPS) is 10.2. The second kappa shape index (κ2) is 5.66. The lowest BCUT2D eigenvalue weighted by atomic mass is 10.1. The van der Waals surface area contributed by atoms with Crippen molar-refractivity contribution in [2.24, 2.45) is 0 Å². The zero-order valence-electron chi connectivity index (χ0n) is 9.26. The molecule has 0 aromatic heterocycles. The van der Waals surface area contributed by atoms with Gasteiger partial charge >= 0.3 is 0 Å². The van der Waals surface area contributed by atoms with Crippen LogP contribution in [0.25, 0.3) is 0 Å². The first kappa shape index (κ1) is 11.1. The molecule has 0 saturated carbocycles. The van der Waals surface area contributed by atoms with E-state index in [1.165, 1.54) is 11.1 Å². The van der Waals surface area contributed by atoms with Gasteiger partial charge in [-0.05, 0) is 43.6 Å². The van der Waals surface area contributed by atoms with E-state index in [2.05, 4.69) is 30.4 Å². The van der Waals surface area contributed by atoms with Gasteiger partial charge in [0.05, 0.1) is 7.11 Å². The number of rotatable bonds is 5. The van der Waals surface area contributed by atoms with Gasteiger partial charge in [-0.3, -0.25) is 0 Å². The maximum Gasteiger partial charge on any atom is 0.122 e. The van der Waals surface area contributed by atoms with Crippen molar-refractivity contribution in [1.29, 1.82) is 0 Å². The van der Waals surface area contributed by atoms with Crippen LogP contribution in [0.15, 0.2) is 18.2 Å². The van der Waals surface area contributed by atoms with E-state index in [1.54, 1.807) is 7.11 Å². The fourth-order valence-corrected chi connectivity index (χ4v) is 1.51. The molecular formula is C12H19NO. The summed E-state index contributed by atoms with van der Waals surface area (Å²) in [6, 6.07) is 6.42. The Bertz CT molecular complexity index is 284. The molecule has 0 aliphatic heterocycles. The summed E-state index contributed by atoms with van der Waals surface area (Å²) in [4.78, 5) is 0. The fourth-order valence-electron chi connectivity index (χ4n) is 1.51. The third-order valence-corrected chi connectivity index (χ3v) is 2.40. The lowest BCUT2D eigenvalue weighted by Gasteiger charge is -2.09. The Morgan fingerprint density at radius 2 is 2.14 bits per heavy atom. The minimum Gasteiger partial charge on any atom is -0.496 e. The number of methoxy groups -OCH3 is 1. The number of likely N-dealkylation sites (N-methyl/N-ethyl adjacent to an activating group) is 1. The highest BCUT2D eigenvalue weighted by Gasteiger charge is 2.02. The van der Waals surface area contributed by atoms with Crippen LogP contribution in [-0.4, -0.2) is 20.7 Å². The van der Waals surface area contributed by atoms with Crippen LogP contribution in [0, 0.1) is 0 Å². The van der Waals surface area contributed by atoms with Crippen LogP contribution < -0.4 is 10.1 Å². The average molecular weight is 193 g/mol. The quantitative estimate of drug-likeness (QED) is 0.772. The molecule has 0 amide bonds. The van der Waals surface area contributed by atoms with Crippen molar-refractivity contribution in [3.8, 4) is 5.75 Å². The maximum atomic E-state index is 5.31. The SMILES string of the molecule is CCc1ccc(OC)c(CCNC)c1. The van der Waals surface area contributed by atoms with Gasteiger partial charge < -0.3 is 10.1 Å². The second-order valence-electron chi connectivity index (χ2n) is 3.35. The highest BCUT2D eigenvalue weighted by Crippen LogP contribution is 2.20. The summed E-state index contributed by atoms with van der Waals surface area (Å²) >= 11 is 0. The first-order chi connectivity index (χ1) is 6.81. The summed E-state index contributed by atoms with van der Waals surface area (Å²) in [5, 5.41) is 3.15. The Balaban J connectivity index is 2.84. The molecule has 14 heavy (non-hydrogen) atoms. The van der Waals surface area contributed by atoms with Gasteiger partial charge in [-0.1, -0.05) is 19.1 Å². The van der Waals surface area contributed by atoms with Crippen molar-refractivity contribution >= 4 is 0 Å². The van der Waals surface area contributed by atoms with Crippen molar-refractivity contribution in [3.63, 3.8) is 0 Å². The number of hydrogen-bond donors (Lipinski definition) is 1. The first-order valence-corrected chi connectivity index (χ1v) is 5.12. The summed E-state index contributed by atoms with van der Waals surface area (Å²) in [6.07, 6.45) is 2.10. The van der Waals surface area contributed by atoms with Crippen molar-refractivity contribution < 1.29 is 4.74 Å². The maximum absolute atomic E-state index is 5.31. The largest absolute Gasteiger partial charge is 0.496 e. The van der Waals surface area contributed by atoms with E-state index < -0.39 is 0 Å². The lowest BCUT2D eigenvalue weighted by Crippen LogP contribution is -2.11. The molecule has 0 aliphatic rings. The van der Waals surface area contributed by atoms with E-state index in [1.807, 2.05) is 7.05 Å². The van der Waals surface area contributed by atoms with Crippen LogP contribution in [0.3, 0.4) is 0 Å². The summed E-state index contributed by atoms with van der Waals surface area (Å²) in [5.74, 6) is 0.998. The molecule has 0 unspecified atom stereocenters. The number of benzene rings is 1. The molecule has 0 fully saturated rings. The lowest BCUT2D eigenvalue weighted by molar-refractivity contribution is 0.409. The van der Waals surface area contributed by atoms with Crippen molar-refractivity contribution in [2.75, 3.05) is 20.7 Å². The van der Waals surface area contributed by atoms with Crippen molar-refractivity contribution in [2.45, 2.75) is 19.8 Å². The molecule has 0 atom stereocenters. The van der Waals surface area contributed by atoms with E-state index in [0.717, 1.165) is 25.1 Å². The highest BCUT2D eigenvalue weighted by molar-refractivity contribution is 5.37. The Hall–Kier alpha value is -1.02. The van der Waals surface area contributed by atoms with Crippen LogP contribution >= 0.6 is 0 Å². The summed E-state index contributed by atoms with van der Waals surface area (Å²) in [7, 11) is 3.69. The molecule has 0 aliphatic carbocycles. The third kappa shape index (κ3) is 2.74. The minimum atomic E-state index is 0.990. The predicted octanol–water partition coefficient (Wildman–Crippen LogP) is 2.02. The molecule has 0 bridgehead atoms. The van der Waals surface area contributed by atoms with E-state index in [4.69, 9.17) is 4.74 Å². The average Bonchev–Trinajstić information content (AvgIpc) is 2.25. The van der Waals surface area contributed by atoms with Crippen molar-refractivity contribution in [1.82, 2.24) is 5.32 Å². The van der Waals surface area contributed by atoms with Crippen LogP contribution in [0.1, 0.15) is 18.1 Å². The number of aryl methyl sites for hydroxylation is 1. The molecule has 0 heterocycles. The number of nitrogens with one attached hydrogen (secondary N) is 1. The van der Waals surface area contributed by atoms with E-state index in [9.17, 15) is 0 Å². The standard InChI is InChI=1S/C12H19NO/c1-4-10-5-6-12(14-3)11(9-10)7-8-13-2/h5-6,9,13H,4,7-8H2,1-3H3. The molecule has 1 N–H and O–H groups in total. The van der Waals surface area contributed by atoms with Gasteiger partial charge in [-0.2, -0.15) is 0 Å². The Morgan fingerprint density at radius 1 is 1.36 bits per heavy atom. The van der Waals surface area contributed by atoms with Gasteiger partial charge in [0.1, 0.15) is 5.75 Å².